The van der Waals surface area contributed by atoms with E-state index in [1.165, 1.54) is 47.3 Å². The number of esters is 1. The van der Waals surface area contributed by atoms with Crippen LogP contribution in [0.5, 0.6) is 0 Å². The minimum absolute atomic E-state index is 0.00444. The second-order valence-electron chi connectivity index (χ2n) is 11.5. The Morgan fingerprint density at radius 2 is 1.91 bits per heavy atom. The van der Waals surface area contributed by atoms with Crippen molar-refractivity contribution in [1.82, 2.24) is 14.8 Å². The van der Waals surface area contributed by atoms with Gasteiger partial charge in [-0.25, -0.2) is 27.6 Å². The molecule has 0 bridgehead atoms. The highest BCUT2D eigenvalue weighted by atomic mass is 32.2. The van der Waals surface area contributed by atoms with Crippen molar-refractivity contribution in [1.29, 1.82) is 5.26 Å². The van der Waals surface area contributed by atoms with Crippen molar-refractivity contribution in [2.45, 2.75) is 55.1 Å². The summed E-state index contributed by atoms with van der Waals surface area (Å²) < 4.78 is 103. The molecule has 2 heterocycles. The van der Waals surface area contributed by atoms with E-state index in [2.05, 4.69) is 10.1 Å². The Morgan fingerprint density at radius 3 is 2.57 bits per heavy atom. The van der Waals surface area contributed by atoms with E-state index in [-0.39, 0.29) is 61.0 Å². The molecule has 53 heavy (non-hydrogen) atoms. The maximum atomic E-state index is 15.6. The van der Waals surface area contributed by atoms with E-state index < -0.39 is 69.4 Å². The number of allylic oxidation sites excluding steroid dienone is 2. The lowest BCUT2D eigenvalue weighted by molar-refractivity contribution is -0.155. The Kier molecular flexibility index (Phi) is 15.0. The fourth-order valence-corrected chi connectivity index (χ4v) is 7.00. The summed E-state index contributed by atoms with van der Waals surface area (Å²) in [4.78, 5) is 29.1. The smallest absolute Gasteiger partial charge is 0.428 e. The maximum Gasteiger partial charge on any atom is 0.512 e. The number of thioether (sulfide) groups is 1. The van der Waals surface area contributed by atoms with Crippen molar-refractivity contribution in [3.8, 4) is 6.07 Å². The van der Waals surface area contributed by atoms with Crippen LogP contribution in [0.3, 0.4) is 0 Å². The van der Waals surface area contributed by atoms with Crippen LogP contribution in [0.25, 0.3) is 6.08 Å². The zero-order valence-electron chi connectivity index (χ0n) is 28.2. The first kappa shape index (κ1) is 41.0. The standard InChI is InChI=1S/C34H35F3N4O10S2/c1-23(52-27-17-47-32(48-18-27)8-3-2-6-25-10-9-24(16-38)14-29(25)36)34(19-41-21-39-20-40-41,28-12-11-26(35)15-30(28)37)51-33(43)50-22-49-31(42)7-4-5-13-53(44,45)46/h2-3,6,8-12,14-15,20-21,23,27,32H,4-5,7,13,17-19,22H2,1H3,(H,44,45,46)/b6-2+,8-3+/t23-,27?,32?,34-/m1/s1. The fraction of sp³-hybridized carbons (Fsp3) is 0.382. The molecule has 4 rings (SSSR count). The minimum atomic E-state index is -4.18. The van der Waals surface area contributed by atoms with Crippen LogP contribution in [0.2, 0.25) is 0 Å². The second kappa shape index (κ2) is 19.4. The molecule has 1 N–H and O–H groups in total. The van der Waals surface area contributed by atoms with Crippen molar-refractivity contribution >= 4 is 40.1 Å². The number of nitrogens with zero attached hydrogens (tertiary/aromatic N) is 4. The lowest BCUT2D eigenvalue weighted by Crippen LogP contribution is -2.47. The monoisotopic (exact) mass is 780 g/mol. The van der Waals surface area contributed by atoms with E-state index in [4.69, 9.17) is 33.5 Å². The van der Waals surface area contributed by atoms with Gasteiger partial charge in [-0.15, -0.1) is 11.8 Å². The zero-order chi connectivity index (χ0) is 38.4. The first-order chi connectivity index (χ1) is 25.3. The summed E-state index contributed by atoms with van der Waals surface area (Å²) in [7, 11) is -4.18. The minimum Gasteiger partial charge on any atom is -0.428 e. The van der Waals surface area contributed by atoms with Crippen molar-refractivity contribution in [3.63, 3.8) is 0 Å². The Hall–Kier alpha value is -4.74. The number of carbonyl (C=O) groups is 2. The molecule has 3 aromatic rings. The first-order valence-electron chi connectivity index (χ1n) is 16.0. The molecule has 1 fully saturated rings. The first-order valence-corrected chi connectivity index (χ1v) is 18.5. The van der Waals surface area contributed by atoms with Gasteiger partial charge in [0, 0.05) is 28.9 Å². The number of ether oxygens (including phenoxy) is 5. The second-order valence-corrected chi connectivity index (χ2v) is 14.7. The number of hydrogen-bond donors (Lipinski definition) is 1. The van der Waals surface area contributed by atoms with Gasteiger partial charge in [-0.1, -0.05) is 24.3 Å². The van der Waals surface area contributed by atoms with E-state index in [1.807, 2.05) is 6.07 Å². The highest BCUT2D eigenvalue weighted by Crippen LogP contribution is 2.42. The van der Waals surface area contributed by atoms with Gasteiger partial charge in [-0.05, 0) is 50.1 Å². The van der Waals surface area contributed by atoms with Crippen molar-refractivity contribution in [2.24, 2.45) is 0 Å². The number of nitriles is 1. The molecule has 19 heteroatoms. The van der Waals surface area contributed by atoms with Crippen LogP contribution in [0, 0.1) is 28.8 Å². The Labute approximate surface area is 307 Å². The normalized spacial score (nSPS) is 18.0. The summed E-state index contributed by atoms with van der Waals surface area (Å²) in [6.07, 6.45) is 6.57. The summed E-state index contributed by atoms with van der Waals surface area (Å²) in [5.74, 6) is -3.81. The van der Waals surface area contributed by atoms with Crippen molar-refractivity contribution in [3.05, 3.63) is 101 Å². The molecular formula is C34H35F3N4O10S2. The highest BCUT2D eigenvalue weighted by molar-refractivity contribution is 8.00. The van der Waals surface area contributed by atoms with Crippen LogP contribution in [0.4, 0.5) is 18.0 Å². The fourth-order valence-electron chi connectivity index (χ4n) is 5.07. The van der Waals surface area contributed by atoms with Crippen LogP contribution >= 0.6 is 11.8 Å². The molecule has 0 radical (unpaired) electrons. The predicted octanol–water partition coefficient (Wildman–Crippen LogP) is 5.31. The largest absolute Gasteiger partial charge is 0.512 e. The molecule has 2 atom stereocenters. The number of benzene rings is 2. The number of aromatic nitrogens is 3. The van der Waals surface area contributed by atoms with Gasteiger partial charge >= 0.3 is 12.1 Å². The van der Waals surface area contributed by atoms with Crippen LogP contribution in [-0.2, 0) is 50.7 Å². The van der Waals surface area contributed by atoms with Gasteiger partial charge in [-0.3, -0.25) is 9.35 Å². The third-order valence-electron chi connectivity index (χ3n) is 7.68. The molecule has 2 aromatic carbocycles. The van der Waals surface area contributed by atoms with Crippen LogP contribution in [0.1, 0.15) is 42.9 Å². The topological polar surface area (TPSA) is 189 Å². The number of halogens is 3. The number of unbranched alkanes of at least 4 members (excludes halogenated alkanes) is 1. The lowest BCUT2D eigenvalue weighted by atomic mass is 9.89. The maximum absolute atomic E-state index is 15.6. The molecule has 0 spiro atoms. The molecule has 14 nitrogen and oxygen atoms in total. The van der Waals surface area contributed by atoms with Gasteiger partial charge in [0.1, 0.15) is 30.1 Å². The van der Waals surface area contributed by atoms with E-state index >= 15 is 4.39 Å². The third-order valence-corrected chi connectivity index (χ3v) is 9.93. The third kappa shape index (κ3) is 12.7. The Bertz CT molecular complexity index is 1920. The quantitative estimate of drug-likeness (QED) is 0.0610. The molecule has 0 saturated carbocycles. The molecule has 1 aliphatic heterocycles. The predicted molar refractivity (Wildman–Crippen MR) is 183 cm³/mol. The van der Waals surface area contributed by atoms with Crippen molar-refractivity contribution in [2.75, 3.05) is 25.8 Å². The van der Waals surface area contributed by atoms with Crippen LogP contribution in [-0.4, -0.2) is 82.4 Å². The van der Waals surface area contributed by atoms with Gasteiger partial charge in [0.2, 0.25) is 6.79 Å². The SMILES string of the molecule is C[C@@H](SC1COC(/C=C/C=C/c2ccc(C#N)cc2F)OC1)[C@@](Cn1cncn1)(OC(=O)OCOC(=O)CCCCS(=O)(=O)O)c1ccc(F)cc1F. The van der Waals surface area contributed by atoms with E-state index in [0.717, 1.165) is 18.2 Å². The summed E-state index contributed by atoms with van der Waals surface area (Å²) in [6, 6.07) is 8.75. The molecule has 0 aliphatic carbocycles. The molecule has 0 unspecified atom stereocenters. The molecular weight excluding hydrogens is 746 g/mol. The lowest BCUT2D eigenvalue weighted by Gasteiger charge is -2.40. The molecule has 0 amide bonds. The van der Waals surface area contributed by atoms with Crippen LogP contribution < -0.4 is 0 Å². The van der Waals surface area contributed by atoms with Gasteiger partial charge in [0.15, 0.2) is 11.9 Å². The highest BCUT2D eigenvalue weighted by Gasteiger charge is 2.47. The number of carbonyl (C=O) groups excluding carboxylic acids is 2. The van der Waals surface area contributed by atoms with Gasteiger partial charge in [-0.2, -0.15) is 18.8 Å². The average molecular weight is 781 g/mol. The van der Waals surface area contributed by atoms with E-state index in [1.54, 1.807) is 25.2 Å². The summed E-state index contributed by atoms with van der Waals surface area (Å²) in [6.45, 7) is 0.739. The molecule has 284 valence electrons. The average Bonchev–Trinajstić information content (AvgIpc) is 3.62. The van der Waals surface area contributed by atoms with Crippen LogP contribution in [0.15, 0.2) is 67.3 Å². The zero-order valence-corrected chi connectivity index (χ0v) is 29.8. The van der Waals surface area contributed by atoms with E-state index in [9.17, 15) is 26.8 Å². The van der Waals surface area contributed by atoms with Crippen molar-refractivity contribution < 1.29 is 59.4 Å². The molecule has 1 saturated heterocycles. The number of rotatable bonds is 17. The van der Waals surface area contributed by atoms with E-state index in [0.29, 0.717) is 6.07 Å². The number of hydrogen-bond acceptors (Lipinski definition) is 13. The summed E-state index contributed by atoms with van der Waals surface area (Å²) in [5, 5.41) is 11.8. The Balaban J connectivity index is 1.43. The van der Waals surface area contributed by atoms with Gasteiger partial charge in [0.05, 0.1) is 42.4 Å². The Morgan fingerprint density at radius 1 is 1.13 bits per heavy atom. The van der Waals surface area contributed by atoms with Gasteiger partial charge < -0.3 is 23.7 Å². The summed E-state index contributed by atoms with van der Waals surface area (Å²) in [5.41, 5.74) is -1.65. The van der Waals surface area contributed by atoms with Gasteiger partial charge in [0.25, 0.3) is 10.1 Å². The molecule has 1 aliphatic rings. The summed E-state index contributed by atoms with van der Waals surface area (Å²) >= 11 is 1.22. The molecule has 1 aromatic heterocycles.